The van der Waals surface area contributed by atoms with Gasteiger partial charge in [0.25, 0.3) is 0 Å². The van der Waals surface area contributed by atoms with Crippen molar-refractivity contribution in [3.63, 3.8) is 0 Å². The summed E-state index contributed by atoms with van der Waals surface area (Å²) >= 11 is 0. The van der Waals surface area contributed by atoms with Gasteiger partial charge in [-0.2, -0.15) is 0 Å². The van der Waals surface area contributed by atoms with Gasteiger partial charge in [-0.1, -0.05) is 24.3 Å². The zero-order chi connectivity index (χ0) is 14.8. The molecule has 0 aliphatic carbocycles. The standard InChI is InChI=1S/C17H25N3O/c1-19-9-5-8-15(19)12-20(2)17(21)16-10-13-6-3-4-7-14(13)11-18-16/h3-4,6-7,15-16,18H,5,8-12H2,1-2H3. The van der Waals surface area contributed by atoms with Crippen LogP contribution in [0.15, 0.2) is 24.3 Å². The molecule has 2 aliphatic heterocycles. The number of fused-ring (bicyclic) bond motifs is 1. The van der Waals surface area contributed by atoms with Gasteiger partial charge in [0.15, 0.2) is 0 Å². The predicted octanol–water partition coefficient (Wildman–Crippen LogP) is 1.25. The zero-order valence-electron chi connectivity index (χ0n) is 13.0. The predicted molar refractivity (Wildman–Crippen MR) is 84.1 cm³/mol. The van der Waals surface area contributed by atoms with Crippen molar-refractivity contribution >= 4 is 5.91 Å². The Morgan fingerprint density at radius 3 is 2.86 bits per heavy atom. The number of nitrogens with one attached hydrogen (secondary N) is 1. The first-order valence-corrected chi connectivity index (χ1v) is 7.90. The average molecular weight is 287 g/mol. The maximum Gasteiger partial charge on any atom is 0.239 e. The van der Waals surface area contributed by atoms with Crippen LogP contribution in [0.5, 0.6) is 0 Å². The van der Waals surface area contributed by atoms with Crippen LogP contribution in [-0.2, 0) is 17.8 Å². The number of amides is 1. The van der Waals surface area contributed by atoms with E-state index >= 15 is 0 Å². The van der Waals surface area contributed by atoms with Crippen LogP contribution in [0, 0.1) is 0 Å². The molecule has 1 aromatic rings. The molecule has 0 saturated carbocycles. The van der Waals surface area contributed by atoms with Gasteiger partial charge in [0, 0.05) is 26.2 Å². The number of rotatable bonds is 3. The second kappa shape index (κ2) is 6.16. The van der Waals surface area contributed by atoms with Gasteiger partial charge >= 0.3 is 0 Å². The van der Waals surface area contributed by atoms with Crippen LogP contribution in [0.3, 0.4) is 0 Å². The second-order valence-corrected chi connectivity index (χ2v) is 6.40. The Labute approximate surface area is 127 Å². The Morgan fingerprint density at radius 2 is 2.14 bits per heavy atom. The molecule has 1 N–H and O–H groups in total. The molecular formula is C17H25N3O. The summed E-state index contributed by atoms with van der Waals surface area (Å²) in [7, 11) is 4.10. The summed E-state index contributed by atoms with van der Waals surface area (Å²) in [5.41, 5.74) is 2.63. The largest absolute Gasteiger partial charge is 0.343 e. The Morgan fingerprint density at radius 1 is 1.38 bits per heavy atom. The van der Waals surface area contributed by atoms with E-state index in [9.17, 15) is 4.79 Å². The van der Waals surface area contributed by atoms with E-state index in [1.807, 2.05) is 11.9 Å². The van der Waals surface area contributed by atoms with Crippen molar-refractivity contribution in [1.29, 1.82) is 0 Å². The molecule has 0 bridgehead atoms. The SMILES string of the molecule is CN(CC1CCCN1C)C(=O)C1Cc2ccccc2CN1. The van der Waals surface area contributed by atoms with E-state index in [1.54, 1.807) is 0 Å². The second-order valence-electron chi connectivity index (χ2n) is 6.40. The van der Waals surface area contributed by atoms with Crippen molar-refractivity contribution in [3.05, 3.63) is 35.4 Å². The van der Waals surface area contributed by atoms with E-state index in [0.717, 1.165) is 26.1 Å². The van der Waals surface area contributed by atoms with Gasteiger partial charge in [-0.15, -0.1) is 0 Å². The molecule has 0 aromatic heterocycles. The van der Waals surface area contributed by atoms with Crippen LogP contribution in [0.1, 0.15) is 24.0 Å². The van der Waals surface area contributed by atoms with Crippen LogP contribution in [0.2, 0.25) is 0 Å². The van der Waals surface area contributed by atoms with E-state index in [1.165, 1.54) is 24.0 Å². The van der Waals surface area contributed by atoms with Crippen LogP contribution >= 0.6 is 0 Å². The lowest BCUT2D eigenvalue weighted by atomic mass is 9.95. The van der Waals surface area contributed by atoms with E-state index in [2.05, 4.69) is 41.5 Å². The van der Waals surface area contributed by atoms with Crippen molar-refractivity contribution in [3.8, 4) is 0 Å². The summed E-state index contributed by atoms with van der Waals surface area (Å²) in [5.74, 6) is 0.227. The minimum Gasteiger partial charge on any atom is -0.343 e. The maximum absolute atomic E-state index is 12.6. The van der Waals surface area contributed by atoms with Crippen molar-refractivity contribution in [2.75, 3.05) is 27.2 Å². The molecule has 1 fully saturated rings. The number of likely N-dealkylation sites (N-methyl/N-ethyl adjacent to an activating group) is 2. The highest BCUT2D eigenvalue weighted by Gasteiger charge is 2.29. The highest BCUT2D eigenvalue weighted by Crippen LogP contribution is 2.19. The zero-order valence-corrected chi connectivity index (χ0v) is 13.0. The first kappa shape index (κ1) is 14.5. The van der Waals surface area contributed by atoms with Gasteiger partial charge < -0.3 is 15.1 Å². The van der Waals surface area contributed by atoms with Crippen LogP contribution in [-0.4, -0.2) is 55.0 Å². The smallest absolute Gasteiger partial charge is 0.239 e. The third kappa shape index (κ3) is 3.11. The minimum absolute atomic E-state index is 0.0726. The summed E-state index contributed by atoms with van der Waals surface area (Å²) in [6, 6.07) is 8.85. The monoisotopic (exact) mass is 287 g/mol. The number of benzene rings is 1. The molecule has 2 heterocycles. The molecule has 4 heteroatoms. The number of carbonyl (C=O) groups excluding carboxylic acids is 1. The number of nitrogens with zero attached hydrogens (tertiary/aromatic N) is 2. The van der Waals surface area contributed by atoms with E-state index in [-0.39, 0.29) is 11.9 Å². The Balaban J connectivity index is 1.60. The summed E-state index contributed by atoms with van der Waals surface area (Å²) in [6.07, 6.45) is 3.26. The molecule has 2 unspecified atom stereocenters. The summed E-state index contributed by atoms with van der Waals surface area (Å²) in [5, 5.41) is 3.39. The molecule has 1 saturated heterocycles. The summed E-state index contributed by atoms with van der Waals surface area (Å²) in [4.78, 5) is 16.9. The molecule has 4 nitrogen and oxygen atoms in total. The summed E-state index contributed by atoms with van der Waals surface area (Å²) < 4.78 is 0. The van der Waals surface area contributed by atoms with Gasteiger partial charge in [-0.05, 0) is 44.0 Å². The van der Waals surface area contributed by atoms with Gasteiger partial charge in [-0.25, -0.2) is 0 Å². The Bertz CT molecular complexity index is 517. The van der Waals surface area contributed by atoms with Crippen LogP contribution in [0.25, 0.3) is 0 Å². The molecule has 0 spiro atoms. The van der Waals surface area contributed by atoms with Crippen LogP contribution in [0.4, 0.5) is 0 Å². The van der Waals surface area contributed by atoms with E-state index < -0.39 is 0 Å². The highest BCUT2D eigenvalue weighted by molar-refractivity contribution is 5.82. The quantitative estimate of drug-likeness (QED) is 0.909. The molecule has 1 aromatic carbocycles. The van der Waals surface area contributed by atoms with Gasteiger partial charge in [0.2, 0.25) is 5.91 Å². The lowest BCUT2D eigenvalue weighted by Crippen LogP contribution is -2.50. The molecule has 2 aliphatic rings. The third-order valence-corrected chi connectivity index (χ3v) is 4.91. The van der Waals surface area contributed by atoms with Crippen molar-refractivity contribution in [2.24, 2.45) is 0 Å². The molecule has 21 heavy (non-hydrogen) atoms. The van der Waals surface area contributed by atoms with Gasteiger partial charge in [0.1, 0.15) is 0 Å². The number of hydrogen-bond acceptors (Lipinski definition) is 3. The van der Waals surface area contributed by atoms with E-state index in [4.69, 9.17) is 0 Å². The molecule has 3 rings (SSSR count). The Kier molecular flexibility index (Phi) is 4.27. The third-order valence-electron chi connectivity index (χ3n) is 4.91. The first-order valence-electron chi connectivity index (χ1n) is 7.90. The lowest BCUT2D eigenvalue weighted by molar-refractivity contribution is -0.132. The lowest BCUT2D eigenvalue weighted by Gasteiger charge is -2.31. The molecule has 114 valence electrons. The minimum atomic E-state index is -0.0726. The first-order chi connectivity index (χ1) is 10.1. The molecule has 2 atom stereocenters. The fourth-order valence-corrected chi connectivity index (χ4v) is 3.51. The topological polar surface area (TPSA) is 35.6 Å². The van der Waals surface area contributed by atoms with Crippen LogP contribution < -0.4 is 5.32 Å². The number of hydrogen-bond donors (Lipinski definition) is 1. The van der Waals surface area contributed by atoms with Gasteiger partial charge in [-0.3, -0.25) is 4.79 Å². The fourth-order valence-electron chi connectivity index (χ4n) is 3.51. The average Bonchev–Trinajstić information content (AvgIpc) is 2.91. The normalized spacial score (nSPS) is 25.6. The van der Waals surface area contributed by atoms with E-state index in [0.29, 0.717) is 6.04 Å². The maximum atomic E-state index is 12.6. The summed E-state index contributed by atoms with van der Waals surface area (Å²) in [6.45, 7) is 2.79. The van der Waals surface area contributed by atoms with Crippen molar-refractivity contribution in [1.82, 2.24) is 15.1 Å². The fraction of sp³-hybridized carbons (Fsp3) is 0.588. The molecule has 0 radical (unpaired) electrons. The molecule has 1 amide bonds. The van der Waals surface area contributed by atoms with Gasteiger partial charge in [0.05, 0.1) is 6.04 Å². The van der Waals surface area contributed by atoms with Crippen molar-refractivity contribution in [2.45, 2.75) is 37.9 Å². The molecular weight excluding hydrogens is 262 g/mol. The number of carbonyl (C=O) groups is 1. The Hall–Kier alpha value is -1.39. The number of likely N-dealkylation sites (tertiary alicyclic amines) is 1. The highest BCUT2D eigenvalue weighted by atomic mass is 16.2. The van der Waals surface area contributed by atoms with Crippen molar-refractivity contribution < 1.29 is 4.79 Å².